The number of carbonyl (C=O) groups is 1. The highest BCUT2D eigenvalue weighted by atomic mass is 16.4. The number of rotatable bonds is 5. The summed E-state index contributed by atoms with van der Waals surface area (Å²) in [5.74, 6) is 0.256. The molecular formula is C23H19NO4. The summed E-state index contributed by atoms with van der Waals surface area (Å²) >= 11 is 0. The Balaban J connectivity index is 1.73. The second kappa shape index (κ2) is 7.56. The Labute approximate surface area is 161 Å². The molecule has 5 nitrogen and oxygen atoms in total. The van der Waals surface area contributed by atoms with Crippen LogP contribution in [0.25, 0.3) is 11.0 Å². The van der Waals surface area contributed by atoms with Gasteiger partial charge in [-0.05, 0) is 42.3 Å². The van der Waals surface area contributed by atoms with Gasteiger partial charge in [0.2, 0.25) is 0 Å². The smallest absolute Gasteiger partial charge is 0.349 e. The minimum atomic E-state index is -0.641. The maximum atomic E-state index is 13.3. The lowest BCUT2D eigenvalue weighted by molar-refractivity contribution is 0.0713. The van der Waals surface area contributed by atoms with Crippen LogP contribution in [-0.2, 0) is 13.1 Å². The van der Waals surface area contributed by atoms with Gasteiger partial charge in [-0.1, -0.05) is 42.5 Å². The molecule has 0 saturated carbocycles. The molecule has 0 saturated heterocycles. The number of aryl methyl sites for hydroxylation is 1. The van der Waals surface area contributed by atoms with E-state index in [0.29, 0.717) is 23.3 Å². The first kappa shape index (κ1) is 17.8. The third kappa shape index (κ3) is 3.60. The molecule has 0 fully saturated rings. The molecular weight excluding hydrogens is 354 g/mol. The van der Waals surface area contributed by atoms with Gasteiger partial charge in [-0.2, -0.15) is 0 Å². The average molecular weight is 373 g/mol. The number of hydrogen-bond acceptors (Lipinski definition) is 4. The van der Waals surface area contributed by atoms with E-state index in [-0.39, 0.29) is 18.0 Å². The topological polar surface area (TPSA) is 63.7 Å². The van der Waals surface area contributed by atoms with Gasteiger partial charge in [0.05, 0.1) is 12.8 Å². The van der Waals surface area contributed by atoms with E-state index in [1.807, 2.05) is 43.3 Å². The minimum absolute atomic E-state index is 0.0128. The van der Waals surface area contributed by atoms with E-state index in [4.69, 9.17) is 8.83 Å². The fourth-order valence-corrected chi connectivity index (χ4v) is 3.16. The number of nitrogens with zero attached hydrogens (tertiary/aromatic N) is 1. The quantitative estimate of drug-likeness (QED) is 0.482. The monoisotopic (exact) mass is 373 g/mol. The van der Waals surface area contributed by atoms with E-state index >= 15 is 0 Å². The minimum Gasteiger partial charge on any atom is -0.467 e. The van der Waals surface area contributed by atoms with Gasteiger partial charge >= 0.3 is 5.63 Å². The van der Waals surface area contributed by atoms with Gasteiger partial charge in [0.15, 0.2) is 0 Å². The van der Waals surface area contributed by atoms with Crippen molar-refractivity contribution in [3.8, 4) is 0 Å². The first-order valence-electron chi connectivity index (χ1n) is 9.01. The predicted octanol–water partition coefficient (Wildman–Crippen LogP) is 4.54. The zero-order valence-electron chi connectivity index (χ0n) is 15.4. The number of hydrogen-bond donors (Lipinski definition) is 0. The first-order chi connectivity index (χ1) is 13.6. The maximum absolute atomic E-state index is 13.3. The molecule has 4 rings (SSSR count). The zero-order valence-corrected chi connectivity index (χ0v) is 15.4. The summed E-state index contributed by atoms with van der Waals surface area (Å²) in [4.78, 5) is 27.3. The number of amides is 1. The van der Waals surface area contributed by atoms with Gasteiger partial charge in [-0.25, -0.2) is 4.79 Å². The van der Waals surface area contributed by atoms with Crippen LogP contribution in [0, 0.1) is 6.92 Å². The number of benzene rings is 2. The summed E-state index contributed by atoms with van der Waals surface area (Å²) in [6.07, 6.45) is 1.57. The number of para-hydroxylation sites is 1. The van der Waals surface area contributed by atoms with E-state index < -0.39 is 5.63 Å². The van der Waals surface area contributed by atoms with E-state index in [1.54, 1.807) is 41.5 Å². The molecule has 2 aromatic heterocycles. The Morgan fingerprint density at radius 1 is 0.964 bits per heavy atom. The SMILES string of the molecule is Cc1ccccc1CN(Cc1ccco1)C(=O)c1cc2ccccc2oc1=O. The van der Waals surface area contributed by atoms with E-state index in [2.05, 4.69) is 0 Å². The molecule has 0 radical (unpaired) electrons. The molecule has 0 aliphatic carbocycles. The van der Waals surface area contributed by atoms with Crippen molar-refractivity contribution in [3.05, 3.63) is 106 Å². The Morgan fingerprint density at radius 3 is 2.54 bits per heavy atom. The predicted molar refractivity (Wildman–Crippen MR) is 106 cm³/mol. The Bertz CT molecular complexity index is 1170. The van der Waals surface area contributed by atoms with Gasteiger partial charge < -0.3 is 13.7 Å². The van der Waals surface area contributed by atoms with Crippen LogP contribution in [0.5, 0.6) is 0 Å². The van der Waals surface area contributed by atoms with Gasteiger partial charge in [0.25, 0.3) is 5.91 Å². The highest BCUT2D eigenvalue weighted by molar-refractivity contribution is 5.96. The summed E-state index contributed by atoms with van der Waals surface area (Å²) < 4.78 is 10.8. The Kier molecular flexibility index (Phi) is 4.81. The maximum Gasteiger partial charge on any atom is 0.349 e. The highest BCUT2D eigenvalue weighted by Crippen LogP contribution is 2.18. The third-order valence-corrected chi connectivity index (χ3v) is 4.71. The van der Waals surface area contributed by atoms with Gasteiger partial charge in [-0.15, -0.1) is 0 Å². The molecule has 0 aliphatic rings. The molecule has 2 heterocycles. The van der Waals surface area contributed by atoms with Crippen LogP contribution in [0.15, 0.2) is 86.6 Å². The molecule has 0 atom stereocenters. The van der Waals surface area contributed by atoms with Crippen LogP contribution < -0.4 is 5.63 Å². The van der Waals surface area contributed by atoms with Crippen molar-refractivity contribution in [1.29, 1.82) is 0 Å². The highest BCUT2D eigenvalue weighted by Gasteiger charge is 2.22. The van der Waals surface area contributed by atoms with Gasteiger partial charge in [-0.3, -0.25) is 4.79 Å². The number of fused-ring (bicyclic) bond motifs is 1. The molecule has 0 bridgehead atoms. The third-order valence-electron chi connectivity index (χ3n) is 4.71. The van der Waals surface area contributed by atoms with Crippen molar-refractivity contribution in [2.24, 2.45) is 0 Å². The van der Waals surface area contributed by atoms with Crippen molar-refractivity contribution < 1.29 is 13.6 Å². The summed E-state index contributed by atoms with van der Waals surface area (Å²) in [7, 11) is 0. The van der Waals surface area contributed by atoms with Crippen LogP contribution in [0.3, 0.4) is 0 Å². The van der Waals surface area contributed by atoms with Crippen LogP contribution in [-0.4, -0.2) is 10.8 Å². The molecule has 5 heteroatoms. The normalized spacial score (nSPS) is 10.9. The van der Waals surface area contributed by atoms with E-state index in [1.165, 1.54) is 0 Å². The molecule has 0 aliphatic heterocycles. The van der Waals surface area contributed by atoms with Crippen LogP contribution in [0.4, 0.5) is 0 Å². The van der Waals surface area contributed by atoms with E-state index in [0.717, 1.165) is 11.1 Å². The molecule has 0 spiro atoms. The summed E-state index contributed by atoms with van der Waals surface area (Å²) in [6.45, 7) is 2.61. The summed E-state index contributed by atoms with van der Waals surface area (Å²) in [5, 5.41) is 0.708. The van der Waals surface area contributed by atoms with Gasteiger partial charge in [0.1, 0.15) is 16.9 Å². The van der Waals surface area contributed by atoms with Crippen LogP contribution >= 0.6 is 0 Å². The molecule has 2 aromatic carbocycles. The lowest BCUT2D eigenvalue weighted by atomic mass is 10.1. The van der Waals surface area contributed by atoms with Crippen molar-refractivity contribution in [2.75, 3.05) is 0 Å². The fourth-order valence-electron chi connectivity index (χ4n) is 3.16. The zero-order chi connectivity index (χ0) is 19.5. The molecule has 28 heavy (non-hydrogen) atoms. The molecule has 140 valence electrons. The van der Waals surface area contributed by atoms with Crippen molar-refractivity contribution >= 4 is 16.9 Å². The number of furan rings is 1. The summed E-state index contributed by atoms with van der Waals surface area (Å²) in [6, 6.07) is 20.2. The lowest BCUT2D eigenvalue weighted by Crippen LogP contribution is -2.33. The standard InChI is InChI=1S/C23H19NO4/c1-16-7-2-3-9-18(16)14-24(15-19-10-6-12-27-19)22(25)20-13-17-8-4-5-11-21(17)28-23(20)26/h2-13H,14-15H2,1H3. The van der Waals surface area contributed by atoms with Crippen molar-refractivity contribution in [1.82, 2.24) is 4.90 Å². The summed E-state index contributed by atoms with van der Waals surface area (Å²) in [5.41, 5.74) is 1.91. The Morgan fingerprint density at radius 2 is 1.75 bits per heavy atom. The van der Waals surface area contributed by atoms with E-state index in [9.17, 15) is 9.59 Å². The fraction of sp³-hybridized carbons (Fsp3) is 0.130. The second-order valence-corrected chi connectivity index (χ2v) is 6.65. The first-order valence-corrected chi connectivity index (χ1v) is 9.01. The average Bonchev–Trinajstić information content (AvgIpc) is 3.21. The van der Waals surface area contributed by atoms with Gasteiger partial charge in [0, 0.05) is 11.9 Å². The molecule has 1 amide bonds. The lowest BCUT2D eigenvalue weighted by Gasteiger charge is -2.22. The van der Waals surface area contributed by atoms with Crippen LogP contribution in [0.1, 0.15) is 27.2 Å². The molecule has 0 N–H and O–H groups in total. The van der Waals surface area contributed by atoms with Crippen LogP contribution in [0.2, 0.25) is 0 Å². The number of carbonyl (C=O) groups excluding carboxylic acids is 1. The largest absolute Gasteiger partial charge is 0.467 e. The molecule has 0 unspecified atom stereocenters. The Hall–Kier alpha value is -3.60. The van der Waals surface area contributed by atoms with Crippen molar-refractivity contribution in [2.45, 2.75) is 20.0 Å². The van der Waals surface area contributed by atoms with Crippen molar-refractivity contribution in [3.63, 3.8) is 0 Å². The second-order valence-electron chi connectivity index (χ2n) is 6.65. The molecule has 4 aromatic rings.